The van der Waals surface area contributed by atoms with Gasteiger partial charge in [-0.15, -0.1) is 0 Å². The number of nitrogens with zero attached hydrogens (tertiary/aromatic N) is 1. The number of carbonyl (C=O) groups is 1. The van der Waals surface area contributed by atoms with Gasteiger partial charge in [0.15, 0.2) is 12.0 Å². The van der Waals surface area contributed by atoms with Gasteiger partial charge in [0.05, 0.1) is 12.8 Å². The van der Waals surface area contributed by atoms with Crippen molar-refractivity contribution >= 4 is 22.7 Å². The third-order valence-corrected chi connectivity index (χ3v) is 3.20. The van der Waals surface area contributed by atoms with E-state index in [0.717, 1.165) is 5.56 Å². The van der Waals surface area contributed by atoms with E-state index in [2.05, 4.69) is 10.3 Å². The Morgan fingerprint density at radius 2 is 2.10 bits per heavy atom. The van der Waals surface area contributed by atoms with E-state index in [1.807, 2.05) is 25.1 Å². The fourth-order valence-corrected chi connectivity index (χ4v) is 2.11. The molecule has 0 atom stereocenters. The highest BCUT2D eigenvalue weighted by Crippen LogP contribution is 2.26. The van der Waals surface area contributed by atoms with E-state index in [-0.39, 0.29) is 5.91 Å². The smallest absolute Gasteiger partial charge is 0.255 e. The molecule has 0 spiro atoms. The number of nitrogens with one attached hydrogen (secondary N) is 1. The number of ether oxygens (including phenoxy) is 1. The Morgan fingerprint density at radius 1 is 1.24 bits per heavy atom. The lowest BCUT2D eigenvalue weighted by Crippen LogP contribution is -2.12. The monoisotopic (exact) mass is 282 g/mol. The number of rotatable bonds is 3. The normalized spacial score (nSPS) is 10.6. The van der Waals surface area contributed by atoms with E-state index in [4.69, 9.17) is 9.15 Å². The topological polar surface area (TPSA) is 64.4 Å². The Kier molecular flexibility index (Phi) is 3.31. The summed E-state index contributed by atoms with van der Waals surface area (Å²) in [6, 6.07) is 10.7. The molecule has 0 saturated carbocycles. The number of fused-ring (bicyclic) bond motifs is 1. The van der Waals surface area contributed by atoms with Crippen molar-refractivity contribution in [2.45, 2.75) is 6.92 Å². The summed E-state index contributed by atoms with van der Waals surface area (Å²) in [4.78, 5) is 16.4. The lowest BCUT2D eigenvalue weighted by molar-refractivity contribution is 0.102. The number of carbonyl (C=O) groups excluding carboxylic acids is 1. The third kappa shape index (κ3) is 2.58. The lowest BCUT2D eigenvalue weighted by atomic mass is 10.1. The third-order valence-electron chi connectivity index (χ3n) is 3.20. The summed E-state index contributed by atoms with van der Waals surface area (Å²) in [6.07, 6.45) is 1.36. The van der Waals surface area contributed by atoms with Crippen LogP contribution in [0.25, 0.3) is 11.1 Å². The SMILES string of the molecule is COc1ccc(C)cc1NC(=O)c1ccc2ocnc2c1. The van der Waals surface area contributed by atoms with Crippen molar-refractivity contribution in [1.29, 1.82) is 0 Å². The molecule has 0 aliphatic heterocycles. The molecule has 0 aliphatic carbocycles. The van der Waals surface area contributed by atoms with Gasteiger partial charge in [-0.25, -0.2) is 4.98 Å². The number of oxazole rings is 1. The van der Waals surface area contributed by atoms with Crippen molar-refractivity contribution in [3.8, 4) is 5.75 Å². The second-order valence-corrected chi connectivity index (χ2v) is 4.69. The van der Waals surface area contributed by atoms with Crippen LogP contribution in [0.2, 0.25) is 0 Å². The first kappa shape index (κ1) is 13.2. The average Bonchev–Trinajstić information content (AvgIpc) is 2.94. The molecule has 5 heteroatoms. The van der Waals surface area contributed by atoms with E-state index in [9.17, 15) is 4.79 Å². The number of hydrogen-bond acceptors (Lipinski definition) is 4. The average molecular weight is 282 g/mol. The second kappa shape index (κ2) is 5.28. The minimum atomic E-state index is -0.219. The van der Waals surface area contributed by atoms with E-state index in [1.54, 1.807) is 25.3 Å². The number of amides is 1. The van der Waals surface area contributed by atoms with Gasteiger partial charge in [-0.05, 0) is 42.8 Å². The second-order valence-electron chi connectivity index (χ2n) is 4.69. The van der Waals surface area contributed by atoms with Gasteiger partial charge in [-0.3, -0.25) is 4.79 Å². The number of methoxy groups -OCH3 is 1. The van der Waals surface area contributed by atoms with Crippen LogP contribution in [0.15, 0.2) is 47.2 Å². The number of benzene rings is 2. The Morgan fingerprint density at radius 3 is 2.90 bits per heavy atom. The molecule has 3 aromatic rings. The summed E-state index contributed by atoms with van der Waals surface area (Å²) >= 11 is 0. The van der Waals surface area contributed by atoms with Crippen LogP contribution in [-0.4, -0.2) is 18.0 Å². The van der Waals surface area contributed by atoms with Gasteiger partial charge >= 0.3 is 0 Å². The summed E-state index contributed by atoms with van der Waals surface area (Å²) in [5, 5.41) is 2.85. The predicted molar refractivity (Wildman–Crippen MR) is 79.7 cm³/mol. The van der Waals surface area contributed by atoms with Gasteiger partial charge in [0.25, 0.3) is 5.91 Å². The van der Waals surface area contributed by atoms with Crippen LogP contribution in [-0.2, 0) is 0 Å². The number of aryl methyl sites for hydroxylation is 1. The molecule has 2 aromatic carbocycles. The molecule has 1 amide bonds. The molecule has 3 rings (SSSR count). The van der Waals surface area contributed by atoms with Gasteiger partial charge in [0, 0.05) is 5.56 Å². The highest BCUT2D eigenvalue weighted by molar-refractivity contribution is 6.06. The van der Waals surface area contributed by atoms with Crippen molar-refractivity contribution in [2.24, 2.45) is 0 Å². The zero-order valence-corrected chi connectivity index (χ0v) is 11.7. The standard InChI is InChI=1S/C16H14N2O3/c1-10-3-5-14(20-2)13(7-10)18-16(19)11-4-6-15-12(8-11)17-9-21-15/h3-9H,1-2H3,(H,18,19). The molecule has 0 aliphatic rings. The van der Waals surface area contributed by atoms with Crippen LogP contribution in [0.5, 0.6) is 5.75 Å². The van der Waals surface area contributed by atoms with E-state index in [1.165, 1.54) is 6.39 Å². The first-order valence-electron chi connectivity index (χ1n) is 6.46. The zero-order valence-electron chi connectivity index (χ0n) is 11.7. The van der Waals surface area contributed by atoms with E-state index in [0.29, 0.717) is 28.1 Å². The molecule has 21 heavy (non-hydrogen) atoms. The van der Waals surface area contributed by atoms with Crippen LogP contribution >= 0.6 is 0 Å². The van der Waals surface area contributed by atoms with Crippen molar-refractivity contribution in [2.75, 3.05) is 12.4 Å². The Hall–Kier alpha value is -2.82. The first-order chi connectivity index (χ1) is 10.2. The molecule has 0 bridgehead atoms. The molecule has 1 aromatic heterocycles. The maximum atomic E-state index is 12.3. The van der Waals surface area contributed by atoms with Crippen LogP contribution in [0, 0.1) is 6.92 Å². The molecule has 1 N–H and O–H groups in total. The van der Waals surface area contributed by atoms with Crippen LogP contribution in [0.1, 0.15) is 15.9 Å². The van der Waals surface area contributed by atoms with Crippen molar-refractivity contribution in [1.82, 2.24) is 4.98 Å². The molecule has 0 saturated heterocycles. The molecule has 106 valence electrons. The van der Waals surface area contributed by atoms with Crippen molar-refractivity contribution in [3.05, 3.63) is 53.9 Å². The molecule has 0 radical (unpaired) electrons. The van der Waals surface area contributed by atoms with Gasteiger partial charge in [0.2, 0.25) is 0 Å². The van der Waals surface area contributed by atoms with E-state index >= 15 is 0 Å². The van der Waals surface area contributed by atoms with Crippen LogP contribution in [0.4, 0.5) is 5.69 Å². The fourth-order valence-electron chi connectivity index (χ4n) is 2.11. The quantitative estimate of drug-likeness (QED) is 0.799. The first-order valence-corrected chi connectivity index (χ1v) is 6.46. The number of hydrogen-bond donors (Lipinski definition) is 1. The zero-order chi connectivity index (χ0) is 14.8. The van der Waals surface area contributed by atoms with Crippen molar-refractivity contribution in [3.63, 3.8) is 0 Å². The predicted octanol–water partition coefficient (Wildman–Crippen LogP) is 3.40. The maximum absolute atomic E-state index is 12.3. The summed E-state index contributed by atoms with van der Waals surface area (Å²) in [5.74, 6) is 0.403. The lowest BCUT2D eigenvalue weighted by Gasteiger charge is -2.11. The Bertz CT molecular complexity index is 808. The minimum Gasteiger partial charge on any atom is -0.495 e. The maximum Gasteiger partial charge on any atom is 0.255 e. The van der Waals surface area contributed by atoms with Gasteiger partial charge < -0.3 is 14.5 Å². The Balaban J connectivity index is 1.90. The number of anilines is 1. The summed E-state index contributed by atoms with van der Waals surface area (Å²) in [5.41, 5.74) is 3.50. The summed E-state index contributed by atoms with van der Waals surface area (Å²) in [7, 11) is 1.57. The largest absolute Gasteiger partial charge is 0.495 e. The van der Waals surface area contributed by atoms with Gasteiger partial charge in [0.1, 0.15) is 11.3 Å². The van der Waals surface area contributed by atoms with Gasteiger partial charge in [-0.2, -0.15) is 0 Å². The van der Waals surface area contributed by atoms with Gasteiger partial charge in [-0.1, -0.05) is 6.07 Å². The van der Waals surface area contributed by atoms with Crippen LogP contribution < -0.4 is 10.1 Å². The summed E-state index contributed by atoms with van der Waals surface area (Å²) in [6.45, 7) is 1.95. The van der Waals surface area contributed by atoms with E-state index < -0.39 is 0 Å². The molecular formula is C16H14N2O3. The molecule has 0 unspecified atom stereocenters. The molecular weight excluding hydrogens is 268 g/mol. The summed E-state index contributed by atoms with van der Waals surface area (Å²) < 4.78 is 10.4. The highest BCUT2D eigenvalue weighted by atomic mass is 16.5. The molecule has 1 heterocycles. The fraction of sp³-hybridized carbons (Fsp3) is 0.125. The minimum absolute atomic E-state index is 0.219. The Labute approximate surface area is 121 Å². The number of aromatic nitrogens is 1. The molecule has 5 nitrogen and oxygen atoms in total. The van der Waals surface area contributed by atoms with Crippen molar-refractivity contribution < 1.29 is 13.9 Å². The molecule has 0 fully saturated rings. The van der Waals surface area contributed by atoms with Crippen LogP contribution in [0.3, 0.4) is 0 Å². The highest BCUT2D eigenvalue weighted by Gasteiger charge is 2.11.